The molecule has 4 saturated carbocycles. The number of amides is 1. The molecule has 2 aromatic rings. The highest BCUT2D eigenvalue weighted by Crippen LogP contribution is 2.60. The fraction of sp³-hybridized carbons (Fsp3) is 0.636. The molecule has 4 nitrogen and oxygen atoms in total. The Kier molecular flexibility index (Phi) is 5.88. The van der Waals surface area contributed by atoms with Crippen molar-refractivity contribution in [2.75, 3.05) is 32.1 Å². The first kappa shape index (κ1) is 21.4. The van der Waals surface area contributed by atoms with Crippen LogP contribution in [0.3, 0.4) is 0 Å². The van der Waals surface area contributed by atoms with E-state index in [2.05, 4.69) is 19.0 Å². The third-order valence-corrected chi connectivity index (χ3v) is 8.35. The number of nitrogens with zero attached hydrogens (tertiary/aromatic N) is 3. The molecule has 0 atom stereocenters. The van der Waals surface area contributed by atoms with E-state index >= 15 is 0 Å². The average molecular weight is 454 g/mol. The van der Waals surface area contributed by atoms with E-state index in [1.54, 1.807) is 11.3 Å². The van der Waals surface area contributed by atoms with Crippen LogP contribution in [-0.4, -0.2) is 43.0 Å². The van der Waals surface area contributed by atoms with E-state index in [9.17, 15) is 4.79 Å². The molecule has 158 valence electrons. The summed E-state index contributed by atoms with van der Waals surface area (Å²) in [5.74, 6) is 2.62. The molecule has 4 aliphatic rings. The lowest BCUT2D eigenvalue weighted by Gasteiger charge is -2.56. The Morgan fingerprint density at radius 3 is 2.34 bits per heavy atom. The Bertz CT molecular complexity index is 877. The highest BCUT2D eigenvalue weighted by Gasteiger charge is 2.55. The first-order valence-corrected chi connectivity index (χ1v) is 11.6. The zero-order valence-electron chi connectivity index (χ0n) is 17.1. The lowest BCUT2D eigenvalue weighted by atomic mass is 9.49. The van der Waals surface area contributed by atoms with Crippen molar-refractivity contribution in [2.45, 2.75) is 38.5 Å². The quantitative estimate of drug-likeness (QED) is 0.600. The van der Waals surface area contributed by atoms with Crippen LogP contribution in [0.2, 0.25) is 5.02 Å². The second-order valence-electron chi connectivity index (χ2n) is 9.57. The third kappa shape index (κ3) is 3.91. The minimum atomic E-state index is -0.142. The molecule has 4 fully saturated rings. The van der Waals surface area contributed by atoms with Crippen LogP contribution in [0, 0.1) is 23.2 Å². The zero-order valence-corrected chi connectivity index (χ0v) is 19.5. The van der Waals surface area contributed by atoms with Crippen LogP contribution in [0.1, 0.15) is 38.5 Å². The largest absolute Gasteiger partial charge is 0.308 e. The second kappa shape index (κ2) is 7.99. The lowest BCUT2D eigenvalue weighted by Crippen LogP contribution is -2.55. The van der Waals surface area contributed by atoms with Crippen molar-refractivity contribution in [3.63, 3.8) is 0 Å². The van der Waals surface area contributed by atoms with Gasteiger partial charge in [0.1, 0.15) is 0 Å². The molecule has 0 saturated heterocycles. The van der Waals surface area contributed by atoms with Crippen molar-refractivity contribution in [3.05, 3.63) is 23.2 Å². The topological polar surface area (TPSA) is 36.4 Å². The maximum absolute atomic E-state index is 14.0. The summed E-state index contributed by atoms with van der Waals surface area (Å²) in [6, 6.07) is 5.78. The molecular formula is C22H29Cl2N3OS. The molecule has 0 unspecified atom stereocenters. The number of hydrogen-bond acceptors (Lipinski definition) is 4. The number of rotatable bonds is 5. The third-order valence-electron chi connectivity index (χ3n) is 7.08. The van der Waals surface area contributed by atoms with Gasteiger partial charge in [0, 0.05) is 18.1 Å². The maximum atomic E-state index is 14.0. The van der Waals surface area contributed by atoms with E-state index in [0.29, 0.717) is 12.5 Å². The van der Waals surface area contributed by atoms with E-state index in [-0.39, 0.29) is 17.8 Å². The molecule has 29 heavy (non-hydrogen) atoms. The average Bonchev–Trinajstić information content (AvgIpc) is 3.03. The Hall–Kier alpha value is -0.880. The molecule has 0 N–H and O–H groups in total. The predicted molar refractivity (Wildman–Crippen MR) is 123 cm³/mol. The molecule has 7 heteroatoms. The second-order valence-corrected chi connectivity index (χ2v) is 11.0. The fourth-order valence-corrected chi connectivity index (χ4v) is 7.51. The highest BCUT2D eigenvalue weighted by molar-refractivity contribution is 7.22. The molecule has 1 amide bonds. The molecule has 1 heterocycles. The van der Waals surface area contributed by atoms with Gasteiger partial charge in [-0.1, -0.05) is 22.9 Å². The van der Waals surface area contributed by atoms with Gasteiger partial charge in [0.15, 0.2) is 5.13 Å². The van der Waals surface area contributed by atoms with Gasteiger partial charge in [-0.25, -0.2) is 4.98 Å². The molecule has 1 aromatic carbocycles. The number of thiazole rings is 1. The zero-order chi connectivity index (χ0) is 19.5. The number of benzene rings is 1. The highest BCUT2D eigenvalue weighted by atomic mass is 35.5. The summed E-state index contributed by atoms with van der Waals surface area (Å²) in [5.41, 5.74) is 0.786. The van der Waals surface area contributed by atoms with E-state index < -0.39 is 0 Å². The van der Waals surface area contributed by atoms with Gasteiger partial charge in [0.2, 0.25) is 5.91 Å². The number of fused-ring (bicyclic) bond motifs is 1. The standard InChI is InChI=1S/C22H28ClN3OS.ClH/c1-25(2)5-6-26(21-24-18-4-3-17(23)10-19(18)28-21)20(27)22-11-14-7-15(12-22)9-16(8-14)13-22;/h3-4,10,14-16H,5-9,11-13H2,1-2H3;1H. The van der Waals surface area contributed by atoms with Crippen molar-refractivity contribution >= 4 is 56.6 Å². The predicted octanol–water partition coefficient (Wildman–Crippen LogP) is 5.48. The number of anilines is 1. The van der Waals surface area contributed by atoms with Gasteiger partial charge >= 0.3 is 0 Å². The summed E-state index contributed by atoms with van der Waals surface area (Å²) < 4.78 is 1.05. The molecule has 0 spiro atoms. The first-order valence-electron chi connectivity index (χ1n) is 10.4. The smallest absolute Gasteiger partial charge is 0.235 e. The summed E-state index contributed by atoms with van der Waals surface area (Å²) in [4.78, 5) is 23.0. The van der Waals surface area contributed by atoms with Crippen LogP contribution >= 0.6 is 35.3 Å². The minimum Gasteiger partial charge on any atom is -0.308 e. The molecule has 1 aromatic heterocycles. The number of carbonyl (C=O) groups excluding carboxylic acids is 1. The van der Waals surface area contributed by atoms with E-state index in [1.165, 1.54) is 19.3 Å². The van der Waals surface area contributed by atoms with Gasteiger partial charge in [-0.05, 0) is 88.6 Å². The molecule has 0 aliphatic heterocycles. The number of carbonyl (C=O) groups is 1. The fourth-order valence-electron chi connectivity index (χ4n) is 6.24. The Balaban J connectivity index is 0.00000205. The minimum absolute atomic E-state index is 0. The number of likely N-dealkylation sites (N-methyl/N-ethyl adjacent to an activating group) is 1. The lowest BCUT2D eigenvalue weighted by molar-refractivity contribution is -0.143. The number of hydrogen-bond donors (Lipinski definition) is 0. The summed E-state index contributed by atoms with van der Waals surface area (Å²) >= 11 is 7.77. The van der Waals surface area contributed by atoms with Crippen LogP contribution in [-0.2, 0) is 4.79 Å². The van der Waals surface area contributed by atoms with Crippen molar-refractivity contribution in [3.8, 4) is 0 Å². The van der Waals surface area contributed by atoms with Gasteiger partial charge in [0.25, 0.3) is 0 Å². The summed E-state index contributed by atoms with van der Waals surface area (Å²) in [7, 11) is 4.12. The Morgan fingerprint density at radius 2 is 1.76 bits per heavy atom. The Labute approximate surface area is 188 Å². The van der Waals surface area contributed by atoms with Crippen molar-refractivity contribution in [1.29, 1.82) is 0 Å². The number of halogens is 2. The van der Waals surface area contributed by atoms with Crippen LogP contribution in [0.25, 0.3) is 10.2 Å². The molecular weight excluding hydrogens is 425 g/mol. The SMILES string of the molecule is CN(C)CCN(C(=O)C12CC3CC(CC(C3)C1)C2)c1nc2ccc(Cl)cc2s1.Cl. The van der Waals surface area contributed by atoms with E-state index in [0.717, 1.165) is 63.9 Å². The molecule has 6 rings (SSSR count). The van der Waals surface area contributed by atoms with Gasteiger partial charge < -0.3 is 4.90 Å². The number of aromatic nitrogens is 1. The summed E-state index contributed by atoms with van der Waals surface area (Å²) in [5, 5.41) is 1.55. The van der Waals surface area contributed by atoms with E-state index in [4.69, 9.17) is 16.6 Å². The molecule has 4 aliphatic carbocycles. The first-order chi connectivity index (χ1) is 13.4. The van der Waals surface area contributed by atoms with Gasteiger partial charge in [-0.2, -0.15) is 0 Å². The van der Waals surface area contributed by atoms with Gasteiger partial charge in [-0.15, -0.1) is 12.4 Å². The van der Waals surface area contributed by atoms with Crippen LogP contribution in [0.4, 0.5) is 5.13 Å². The normalized spacial score (nSPS) is 30.0. The van der Waals surface area contributed by atoms with Gasteiger partial charge in [-0.3, -0.25) is 9.69 Å². The van der Waals surface area contributed by atoms with Crippen LogP contribution in [0.5, 0.6) is 0 Å². The van der Waals surface area contributed by atoms with Gasteiger partial charge in [0.05, 0.1) is 15.6 Å². The van der Waals surface area contributed by atoms with Crippen molar-refractivity contribution in [2.24, 2.45) is 23.2 Å². The summed E-state index contributed by atoms with van der Waals surface area (Å²) in [6.45, 7) is 1.54. The monoisotopic (exact) mass is 453 g/mol. The Morgan fingerprint density at radius 1 is 1.14 bits per heavy atom. The maximum Gasteiger partial charge on any atom is 0.235 e. The molecule has 4 bridgehead atoms. The van der Waals surface area contributed by atoms with Crippen LogP contribution in [0.15, 0.2) is 18.2 Å². The van der Waals surface area contributed by atoms with E-state index in [1.807, 2.05) is 23.1 Å². The van der Waals surface area contributed by atoms with Crippen LogP contribution < -0.4 is 4.90 Å². The van der Waals surface area contributed by atoms with Crippen molar-refractivity contribution in [1.82, 2.24) is 9.88 Å². The summed E-state index contributed by atoms with van der Waals surface area (Å²) in [6.07, 6.45) is 7.32. The molecule has 0 radical (unpaired) electrons. The van der Waals surface area contributed by atoms with Crippen molar-refractivity contribution < 1.29 is 4.79 Å².